The molecule has 7 heteroatoms. The number of carbonyl (C=O) groups is 1. The number of hydroxylamine groups is 1. The minimum Gasteiger partial charge on any atom is -0.277 e. The van der Waals surface area contributed by atoms with Crippen molar-refractivity contribution in [3.63, 3.8) is 0 Å². The lowest BCUT2D eigenvalue weighted by Crippen LogP contribution is -2.20. The zero-order chi connectivity index (χ0) is 9.84. The van der Waals surface area contributed by atoms with Gasteiger partial charge in [0.25, 0.3) is 5.91 Å². The molecule has 6 nitrogen and oxygen atoms in total. The molecule has 0 radical (unpaired) electrons. The number of nitrogens with one attached hydrogen (secondary N) is 1. The Balaban J connectivity index is 2.79. The van der Waals surface area contributed by atoms with Gasteiger partial charge in [0.05, 0.1) is 17.6 Å². The van der Waals surface area contributed by atoms with Crippen LogP contribution >= 0.6 is 11.3 Å². The van der Waals surface area contributed by atoms with Crippen LogP contribution in [-0.2, 0) is 4.84 Å². The van der Waals surface area contributed by atoms with Gasteiger partial charge >= 0.3 is 5.00 Å². The number of rotatable bonds is 3. The van der Waals surface area contributed by atoms with Gasteiger partial charge in [-0.05, 0) is 0 Å². The lowest BCUT2D eigenvalue weighted by atomic mass is 10.3. The smallest absolute Gasteiger partial charge is 0.277 e. The van der Waals surface area contributed by atoms with Crippen LogP contribution in [0.1, 0.15) is 10.4 Å². The standard InChI is InChI=1S/C6H6N2O4S/c1-12-7-6(9)4-2-5(8(10)11)13-3-4/h2-3H,1H3,(H,7,9). The van der Waals surface area contributed by atoms with Gasteiger partial charge in [-0.1, -0.05) is 11.3 Å². The Bertz CT molecular complexity index is 335. The number of hydrogen-bond donors (Lipinski definition) is 1. The predicted octanol–water partition coefficient (Wildman–Crippen LogP) is 0.948. The highest BCUT2D eigenvalue weighted by atomic mass is 32.1. The Morgan fingerprint density at radius 2 is 2.46 bits per heavy atom. The van der Waals surface area contributed by atoms with Crippen LogP contribution in [0.15, 0.2) is 11.4 Å². The SMILES string of the molecule is CONC(=O)c1csc([N+](=O)[O-])c1. The molecule has 13 heavy (non-hydrogen) atoms. The molecule has 1 N–H and O–H groups in total. The summed E-state index contributed by atoms with van der Waals surface area (Å²) in [7, 11) is 1.29. The average molecular weight is 202 g/mol. The molecular formula is C6H6N2O4S. The summed E-state index contributed by atoms with van der Waals surface area (Å²) in [6.45, 7) is 0. The van der Waals surface area contributed by atoms with Crippen molar-refractivity contribution >= 4 is 22.2 Å². The lowest BCUT2D eigenvalue weighted by Gasteiger charge is -1.96. The van der Waals surface area contributed by atoms with Crippen molar-refractivity contribution in [3.8, 4) is 0 Å². The molecule has 1 amide bonds. The number of thiophene rings is 1. The second-order valence-electron chi connectivity index (χ2n) is 2.07. The van der Waals surface area contributed by atoms with Gasteiger partial charge < -0.3 is 0 Å². The maximum Gasteiger partial charge on any atom is 0.324 e. The highest BCUT2D eigenvalue weighted by Gasteiger charge is 2.14. The number of nitrogens with zero attached hydrogens (tertiary/aromatic N) is 1. The number of amides is 1. The van der Waals surface area contributed by atoms with Gasteiger partial charge in [-0.25, -0.2) is 5.48 Å². The molecule has 70 valence electrons. The molecule has 0 bridgehead atoms. The van der Waals surface area contributed by atoms with Crippen LogP contribution in [-0.4, -0.2) is 17.9 Å². The highest BCUT2D eigenvalue weighted by molar-refractivity contribution is 7.13. The fourth-order valence-corrected chi connectivity index (χ4v) is 1.40. The lowest BCUT2D eigenvalue weighted by molar-refractivity contribution is -0.380. The fourth-order valence-electron chi connectivity index (χ4n) is 0.691. The Morgan fingerprint density at radius 1 is 1.77 bits per heavy atom. The summed E-state index contributed by atoms with van der Waals surface area (Å²) in [5, 5.41) is 11.6. The van der Waals surface area contributed by atoms with E-state index in [4.69, 9.17) is 0 Å². The van der Waals surface area contributed by atoms with E-state index in [-0.39, 0.29) is 10.6 Å². The molecule has 0 atom stereocenters. The zero-order valence-corrected chi connectivity index (χ0v) is 7.46. The van der Waals surface area contributed by atoms with Crippen LogP contribution in [0.3, 0.4) is 0 Å². The third-order valence-electron chi connectivity index (χ3n) is 1.22. The first-order valence-electron chi connectivity index (χ1n) is 3.21. The van der Waals surface area contributed by atoms with Crippen LogP contribution in [0.5, 0.6) is 0 Å². The van der Waals surface area contributed by atoms with E-state index in [2.05, 4.69) is 10.3 Å². The van der Waals surface area contributed by atoms with Crippen LogP contribution in [0, 0.1) is 10.1 Å². The maximum atomic E-state index is 11.0. The summed E-state index contributed by atoms with van der Waals surface area (Å²) >= 11 is 0.896. The van der Waals surface area contributed by atoms with E-state index >= 15 is 0 Å². The quantitative estimate of drug-likeness (QED) is 0.584. The van der Waals surface area contributed by atoms with Gasteiger partial charge in [0.15, 0.2) is 0 Å². The molecule has 0 aliphatic heterocycles. The van der Waals surface area contributed by atoms with Crippen molar-refractivity contribution in [2.75, 3.05) is 7.11 Å². The third-order valence-corrected chi connectivity index (χ3v) is 2.10. The Morgan fingerprint density at radius 3 is 2.92 bits per heavy atom. The van der Waals surface area contributed by atoms with Crippen molar-refractivity contribution in [1.29, 1.82) is 0 Å². The van der Waals surface area contributed by atoms with E-state index in [1.807, 2.05) is 0 Å². The average Bonchev–Trinajstić information content (AvgIpc) is 2.52. The van der Waals surface area contributed by atoms with Gasteiger partial charge in [-0.3, -0.25) is 19.7 Å². The van der Waals surface area contributed by atoms with Crippen molar-refractivity contribution in [1.82, 2.24) is 5.48 Å². The molecule has 1 aromatic heterocycles. The molecule has 0 aliphatic rings. The molecule has 0 saturated carbocycles. The third kappa shape index (κ3) is 2.23. The number of carbonyl (C=O) groups excluding carboxylic acids is 1. The predicted molar refractivity (Wildman–Crippen MR) is 45.4 cm³/mol. The summed E-state index contributed by atoms with van der Waals surface area (Å²) in [6, 6.07) is 1.19. The summed E-state index contributed by atoms with van der Waals surface area (Å²) in [5.41, 5.74) is 2.28. The van der Waals surface area contributed by atoms with Crippen LogP contribution in [0.4, 0.5) is 5.00 Å². The fraction of sp³-hybridized carbons (Fsp3) is 0.167. The summed E-state index contributed by atoms with van der Waals surface area (Å²) in [4.78, 5) is 25.1. The van der Waals surface area contributed by atoms with Gasteiger partial charge in [-0.2, -0.15) is 0 Å². The van der Waals surface area contributed by atoms with Crippen molar-refractivity contribution in [2.45, 2.75) is 0 Å². The largest absolute Gasteiger partial charge is 0.324 e. The first kappa shape index (κ1) is 9.62. The molecule has 0 saturated heterocycles. The number of hydrogen-bond acceptors (Lipinski definition) is 5. The van der Waals surface area contributed by atoms with Gasteiger partial charge in [0, 0.05) is 11.4 Å². The van der Waals surface area contributed by atoms with Crippen LogP contribution < -0.4 is 5.48 Å². The molecule has 1 heterocycles. The van der Waals surface area contributed by atoms with Gasteiger partial charge in [-0.15, -0.1) is 0 Å². The summed E-state index contributed by atoms with van der Waals surface area (Å²) in [6.07, 6.45) is 0. The van der Waals surface area contributed by atoms with E-state index < -0.39 is 10.8 Å². The van der Waals surface area contributed by atoms with E-state index in [1.54, 1.807) is 0 Å². The summed E-state index contributed by atoms with van der Waals surface area (Å²) in [5.74, 6) is -0.494. The van der Waals surface area contributed by atoms with Crippen molar-refractivity contribution in [3.05, 3.63) is 27.1 Å². The molecule has 0 unspecified atom stereocenters. The first-order chi connectivity index (χ1) is 6.15. The van der Waals surface area contributed by atoms with E-state index in [1.165, 1.54) is 18.6 Å². The van der Waals surface area contributed by atoms with Crippen LogP contribution in [0.2, 0.25) is 0 Å². The minimum absolute atomic E-state index is 0.0683. The molecule has 0 aliphatic carbocycles. The Hall–Kier alpha value is -1.47. The van der Waals surface area contributed by atoms with E-state index in [0.717, 1.165) is 11.3 Å². The van der Waals surface area contributed by atoms with Crippen LogP contribution in [0.25, 0.3) is 0 Å². The molecule has 1 rings (SSSR count). The molecule has 1 aromatic rings. The normalized spacial score (nSPS) is 9.62. The Labute approximate surface area is 77.2 Å². The van der Waals surface area contributed by atoms with E-state index in [0.29, 0.717) is 0 Å². The number of nitro groups is 1. The van der Waals surface area contributed by atoms with Gasteiger partial charge in [0.1, 0.15) is 0 Å². The molecule has 0 aromatic carbocycles. The zero-order valence-electron chi connectivity index (χ0n) is 6.64. The molecular weight excluding hydrogens is 196 g/mol. The molecule has 0 fully saturated rings. The maximum absolute atomic E-state index is 11.0. The summed E-state index contributed by atoms with van der Waals surface area (Å²) < 4.78 is 0. The minimum atomic E-state index is -0.547. The monoisotopic (exact) mass is 202 g/mol. The second kappa shape index (κ2) is 3.97. The first-order valence-corrected chi connectivity index (χ1v) is 4.09. The highest BCUT2D eigenvalue weighted by Crippen LogP contribution is 2.22. The Kier molecular flexibility index (Phi) is 2.93. The second-order valence-corrected chi connectivity index (χ2v) is 2.96. The van der Waals surface area contributed by atoms with Gasteiger partial charge in [0.2, 0.25) is 0 Å². The molecule has 0 spiro atoms. The van der Waals surface area contributed by atoms with Crippen molar-refractivity contribution < 1.29 is 14.6 Å². The van der Waals surface area contributed by atoms with E-state index in [9.17, 15) is 14.9 Å². The topological polar surface area (TPSA) is 81.5 Å². The van der Waals surface area contributed by atoms with Crippen molar-refractivity contribution in [2.24, 2.45) is 0 Å².